The Hall–Kier alpha value is -2.34. The van der Waals surface area contributed by atoms with E-state index in [4.69, 9.17) is 0 Å². The Bertz CT molecular complexity index is 763. The van der Waals surface area contributed by atoms with Crippen molar-refractivity contribution in [3.05, 3.63) is 71.0 Å². The van der Waals surface area contributed by atoms with Crippen molar-refractivity contribution in [2.75, 3.05) is 12.8 Å². The average molecular weight is 389 g/mol. The summed E-state index contributed by atoms with van der Waals surface area (Å²) in [6.45, 7) is 4.00. The molecule has 1 N–H and O–H groups in total. The van der Waals surface area contributed by atoms with Gasteiger partial charge in [-0.3, -0.25) is 9.59 Å². The summed E-state index contributed by atoms with van der Waals surface area (Å²) < 4.78 is 13.1. The van der Waals surface area contributed by atoms with Gasteiger partial charge in [0.2, 0.25) is 11.8 Å². The van der Waals surface area contributed by atoms with Gasteiger partial charge in [-0.2, -0.15) is 0 Å². The van der Waals surface area contributed by atoms with Gasteiger partial charge in [0.25, 0.3) is 0 Å². The van der Waals surface area contributed by atoms with Crippen molar-refractivity contribution >= 4 is 23.6 Å². The van der Waals surface area contributed by atoms with E-state index in [2.05, 4.69) is 17.4 Å². The van der Waals surface area contributed by atoms with Crippen molar-refractivity contribution in [1.82, 2.24) is 10.2 Å². The van der Waals surface area contributed by atoms with Crippen LogP contribution >= 0.6 is 11.8 Å². The van der Waals surface area contributed by atoms with Crippen LogP contribution in [0.25, 0.3) is 0 Å². The maximum atomic E-state index is 13.1. The van der Waals surface area contributed by atoms with Gasteiger partial charge in [0.15, 0.2) is 0 Å². The highest BCUT2D eigenvalue weighted by Gasteiger charge is 2.25. The molecule has 0 aromatic heterocycles. The third kappa shape index (κ3) is 6.40. The molecule has 0 aliphatic heterocycles. The smallest absolute Gasteiger partial charge is 0.242 e. The number of thioether (sulfide) groups is 1. The first-order chi connectivity index (χ1) is 12.9. The fourth-order valence-electron chi connectivity index (χ4n) is 2.60. The Morgan fingerprint density at radius 1 is 1.07 bits per heavy atom. The van der Waals surface area contributed by atoms with Gasteiger partial charge >= 0.3 is 0 Å². The maximum Gasteiger partial charge on any atom is 0.242 e. The third-order valence-corrected chi connectivity index (χ3v) is 5.28. The summed E-state index contributed by atoms with van der Waals surface area (Å²) in [7, 11) is 1.55. The maximum absolute atomic E-state index is 13.1. The number of amides is 2. The largest absolute Gasteiger partial charge is 0.357 e. The monoisotopic (exact) mass is 388 g/mol. The first-order valence-electron chi connectivity index (χ1n) is 8.79. The molecule has 4 nitrogen and oxygen atoms in total. The number of nitrogens with one attached hydrogen (secondary N) is 1. The van der Waals surface area contributed by atoms with E-state index < -0.39 is 6.04 Å². The molecular weight excluding hydrogens is 363 g/mol. The molecule has 2 aromatic carbocycles. The standard InChI is InChI=1S/C21H25FN2O2S/c1-15-4-6-18(7-5-15)13-27-14-20(25)24(16(2)21(26)23-3)12-17-8-10-19(22)11-9-17/h4-11,16H,12-14H2,1-3H3,(H,23,26)/t16-/m1/s1. The number of likely N-dealkylation sites (N-methyl/N-ethyl adjacent to an activating group) is 1. The number of carbonyl (C=O) groups is 2. The minimum atomic E-state index is -0.604. The van der Waals surface area contributed by atoms with Gasteiger partial charge in [-0.15, -0.1) is 11.8 Å². The number of benzene rings is 2. The highest BCUT2D eigenvalue weighted by atomic mass is 32.2. The molecule has 0 saturated heterocycles. The van der Waals surface area contributed by atoms with Crippen LogP contribution in [-0.4, -0.2) is 35.6 Å². The lowest BCUT2D eigenvalue weighted by molar-refractivity contribution is -0.138. The van der Waals surface area contributed by atoms with Crippen molar-refractivity contribution < 1.29 is 14.0 Å². The molecule has 2 rings (SSSR count). The quantitative estimate of drug-likeness (QED) is 0.753. The fourth-order valence-corrected chi connectivity index (χ4v) is 3.47. The number of nitrogens with zero attached hydrogens (tertiary/aromatic N) is 1. The Kier molecular flexibility index (Phi) is 7.85. The van der Waals surface area contributed by atoms with E-state index in [1.807, 2.05) is 19.1 Å². The van der Waals surface area contributed by atoms with Crippen LogP contribution in [0.5, 0.6) is 0 Å². The average Bonchev–Trinajstić information content (AvgIpc) is 2.67. The summed E-state index contributed by atoms with van der Waals surface area (Å²) in [6.07, 6.45) is 0. The number of hydrogen-bond acceptors (Lipinski definition) is 3. The lowest BCUT2D eigenvalue weighted by Crippen LogP contribution is -2.47. The Morgan fingerprint density at radius 3 is 2.26 bits per heavy atom. The molecule has 144 valence electrons. The number of halogens is 1. The van der Waals surface area contributed by atoms with Gasteiger partial charge in [-0.05, 0) is 37.1 Å². The molecule has 0 aliphatic carbocycles. The van der Waals surface area contributed by atoms with E-state index in [0.29, 0.717) is 0 Å². The summed E-state index contributed by atoms with van der Waals surface area (Å²) in [5.41, 5.74) is 3.14. The van der Waals surface area contributed by atoms with Gasteiger partial charge in [0.1, 0.15) is 11.9 Å². The molecule has 0 saturated carbocycles. The van der Waals surface area contributed by atoms with Crippen molar-refractivity contribution in [2.45, 2.75) is 32.2 Å². The topological polar surface area (TPSA) is 49.4 Å². The second kappa shape index (κ2) is 10.1. The summed E-state index contributed by atoms with van der Waals surface area (Å²) in [5.74, 6) is 0.326. The van der Waals surface area contributed by atoms with E-state index in [9.17, 15) is 14.0 Å². The predicted octanol–water partition coefficient (Wildman–Crippen LogP) is 3.53. The highest BCUT2D eigenvalue weighted by Crippen LogP contribution is 2.16. The van der Waals surface area contributed by atoms with Crippen LogP contribution in [0.3, 0.4) is 0 Å². The van der Waals surface area contributed by atoms with Gasteiger partial charge in [-0.1, -0.05) is 42.0 Å². The molecule has 0 heterocycles. The molecular formula is C21H25FN2O2S. The lowest BCUT2D eigenvalue weighted by atomic mass is 10.1. The molecule has 1 atom stereocenters. The number of aryl methyl sites for hydroxylation is 1. The van der Waals surface area contributed by atoms with Crippen LogP contribution in [-0.2, 0) is 21.9 Å². The zero-order valence-corrected chi connectivity index (χ0v) is 16.7. The molecule has 0 bridgehead atoms. The Labute approximate surface area is 164 Å². The number of hydrogen-bond donors (Lipinski definition) is 1. The molecule has 0 fully saturated rings. The molecule has 0 aliphatic rings. The van der Waals surface area contributed by atoms with Gasteiger partial charge in [0.05, 0.1) is 5.75 Å². The first kappa shape index (κ1) is 21.0. The zero-order valence-electron chi connectivity index (χ0n) is 15.9. The van der Waals surface area contributed by atoms with Crippen LogP contribution in [0.15, 0.2) is 48.5 Å². The van der Waals surface area contributed by atoms with Crippen LogP contribution in [0.1, 0.15) is 23.6 Å². The van der Waals surface area contributed by atoms with Crippen LogP contribution in [0.2, 0.25) is 0 Å². The predicted molar refractivity (Wildman–Crippen MR) is 108 cm³/mol. The van der Waals surface area contributed by atoms with Gasteiger partial charge < -0.3 is 10.2 Å². The van der Waals surface area contributed by atoms with Crippen molar-refractivity contribution in [2.24, 2.45) is 0 Å². The van der Waals surface area contributed by atoms with E-state index in [-0.39, 0.29) is 29.9 Å². The molecule has 0 spiro atoms. The fraction of sp³-hybridized carbons (Fsp3) is 0.333. The Balaban J connectivity index is 2.02. The van der Waals surface area contributed by atoms with E-state index in [1.54, 1.807) is 26.1 Å². The summed E-state index contributed by atoms with van der Waals surface area (Å²) in [6, 6.07) is 13.6. The minimum Gasteiger partial charge on any atom is -0.357 e. The number of carbonyl (C=O) groups excluding carboxylic acids is 2. The highest BCUT2D eigenvalue weighted by molar-refractivity contribution is 7.99. The summed E-state index contributed by atoms with van der Waals surface area (Å²) >= 11 is 1.52. The van der Waals surface area contributed by atoms with Crippen molar-refractivity contribution in [3.8, 4) is 0 Å². The SMILES string of the molecule is CNC(=O)[C@@H](C)N(Cc1ccc(F)cc1)C(=O)CSCc1ccc(C)cc1. The van der Waals surface area contributed by atoms with Crippen LogP contribution < -0.4 is 5.32 Å². The van der Waals surface area contributed by atoms with Crippen LogP contribution in [0.4, 0.5) is 4.39 Å². The molecule has 0 unspecified atom stereocenters. The lowest BCUT2D eigenvalue weighted by Gasteiger charge is -2.28. The normalized spacial score (nSPS) is 11.7. The van der Waals surface area contributed by atoms with Crippen molar-refractivity contribution in [1.29, 1.82) is 0 Å². The second-order valence-corrected chi connectivity index (χ2v) is 7.40. The number of rotatable bonds is 8. The van der Waals surface area contributed by atoms with Gasteiger partial charge in [-0.25, -0.2) is 4.39 Å². The summed E-state index contributed by atoms with van der Waals surface area (Å²) in [4.78, 5) is 26.4. The molecule has 2 amide bonds. The van der Waals surface area contributed by atoms with Crippen LogP contribution in [0, 0.1) is 12.7 Å². The third-order valence-electron chi connectivity index (χ3n) is 4.29. The van der Waals surface area contributed by atoms with Crippen molar-refractivity contribution in [3.63, 3.8) is 0 Å². The molecule has 2 aromatic rings. The second-order valence-electron chi connectivity index (χ2n) is 6.42. The minimum absolute atomic E-state index is 0.118. The zero-order chi connectivity index (χ0) is 19.8. The van der Waals surface area contributed by atoms with Gasteiger partial charge in [0, 0.05) is 19.3 Å². The summed E-state index contributed by atoms with van der Waals surface area (Å²) in [5, 5.41) is 2.58. The van der Waals surface area contributed by atoms with E-state index in [0.717, 1.165) is 16.9 Å². The molecule has 6 heteroatoms. The Morgan fingerprint density at radius 2 is 1.67 bits per heavy atom. The molecule has 27 heavy (non-hydrogen) atoms. The first-order valence-corrected chi connectivity index (χ1v) is 9.95. The van der Waals surface area contributed by atoms with E-state index in [1.165, 1.54) is 34.4 Å². The van der Waals surface area contributed by atoms with E-state index >= 15 is 0 Å². The molecule has 0 radical (unpaired) electrons.